The molecule has 1 rings (SSSR count). The summed E-state index contributed by atoms with van der Waals surface area (Å²) in [6.07, 6.45) is 2.42. The van der Waals surface area contributed by atoms with Crippen LogP contribution in [0.15, 0.2) is 30.3 Å². The quantitative estimate of drug-likeness (QED) is 0.719. The first-order valence-electron chi connectivity index (χ1n) is 7.83. The van der Waals surface area contributed by atoms with Gasteiger partial charge < -0.3 is 5.32 Å². The first-order chi connectivity index (χ1) is 9.06. The predicted molar refractivity (Wildman–Crippen MR) is 85.6 cm³/mol. The molecule has 0 aliphatic heterocycles. The highest BCUT2D eigenvalue weighted by atomic mass is 14.9. The van der Waals surface area contributed by atoms with E-state index in [0.29, 0.717) is 11.8 Å². The van der Waals surface area contributed by atoms with Crippen molar-refractivity contribution in [3.63, 3.8) is 0 Å². The molecule has 1 aromatic carbocycles. The summed E-state index contributed by atoms with van der Waals surface area (Å²) in [5, 5.41) is 3.69. The summed E-state index contributed by atoms with van der Waals surface area (Å²) < 4.78 is 0. The summed E-state index contributed by atoms with van der Waals surface area (Å²) in [7, 11) is 0. The van der Waals surface area contributed by atoms with Crippen molar-refractivity contribution in [2.75, 3.05) is 13.1 Å². The van der Waals surface area contributed by atoms with E-state index in [2.05, 4.69) is 70.3 Å². The zero-order valence-corrected chi connectivity index (χ0v) is 13.4. The Labute approximate surface area is 119 Å². The molecule has 1 nitrogen and oxygen atoms in total. The van der Waals surface area contributed by atoms with Gasteiger partial charge >= 0.3 is 0 Å². The summed E-state index contributed by atoms with van der Waals surface area (Å²) in [6, 6.07) is 11.1. The highest BCUT2D eigenvalue weighted by molar-refractivity contribution is 5.27. The fraction of sp³-hybridized carbons (Fsp3) is 0.667. The van der Waals surface area contributed by atoms with Gasteiger partial charge in [-0.1, -0.05) is 71.4 Å². The normalized spacial score (nSPS) is 16.3. The SMILES string of the molecule is CCC(C)C(CC)(CNCC(C)C)c1ccccc1. The Hall–Kier alpha value is -0.820. The van der Waals surface area contributed by atoms with Crippen LogP contribution < -0.4 is 5.32 Å². The molecule has 0 saturated carbocycles. The largest absolute Gasteiger partial charge is 0.316 e. The van der Waals surface area contributed by atoms with E-state index in [4.69, 9.17) is 0 Å². The summed E-state index contributed by atoms with van der Waals surface area (Å²) >= 11 is 0. The van der Waals surface area contributed by atoms with Crippen LogP contribution in [0, 0.1) is 11.8 Å². The van der Waals surface area contributed by atoms with E-state index in [9.17, 15) is 0 Å². The molecule has 0 aromatic heterocycles. The standard InChI is InChI=1S/C18H31N/c1-6-16(5)18(7-2,14-19-13-15(3)4)17-11-9-8-10-12-17/h8-12,15-16,19H,6-7,13-14H2,1-5H3. The second-order valence-electron chi connectivity index (χ2n) is 6.21. The number of hydrogen-bond donors (Lipinski definition) is 1. The third kappa shape index (κ3) is 4.07. The minimum absolute atomic E-state index is 0.269. The molecule has 19 heavy (non-hydrogen) atoms. The molecule has 1 heteroatoms. The molecule has 0 spiro atoms. The lowest BCUT2D eigenvalue weighted by Crippen LogP contribution is -2.43. The monoisotopic (exact) mass is 261 g/mol. The fourth-order valence-corrected chi connectivity index (χ4v) is 2.98. The average Bonchev–Trinajstić information content (AvgIpc) is 2.43. The molecule has 0 amide bonds. The van der Waals surface area contributed by atoms with Gasteiger partial charge in [0.15, 0.2) is 0 Å². The summed E-state index contributed by atoms with van der Waals surface area (Å²) in [5.41, 5.74) is 1.76. The van der Waals surface area contributed by atoms with Crippen LogP contribution in [0.2, 0.25) is 0 Å². The molecule has 0 radical (unpaired) electrons. The van der Waals surface area contributed by atoms with Gasteiger partial charge in [-0.05, 0) is 30.4 Å². The zero-order chi connectivity index (χ0) is 14.3. The van der Waals surface area contributed by atoms with Gasteiger partial charge in [-0.2, -0.15) is 0 Å². The second kappa shape index (κ2) is 7.69. The van der Waals surface area contributed by atoms with Crippen LogP contribution in [0.1, 0.15) is 53.0 Å². The molecule has 2 unspecified atom stereocenters. The highest BCUT2D eigenvalue weighted by Gasteiger charge is 2.34. The molecular weight excluding hydrogens is 230 g/mol. The Bertz CT molecular complexity index is 344. The molecule has 0 fully saturated rings. The van der Waals surface area contributed by atoms with Crippen molar-refractivity contribution in [3.8, 4) is 0 Å². The van der Waals surface area contributed by atoms with Crippen molar-refractivity contribution in [2.24, 2.45) is 11.8 Å². The van der Waals surface area contributed by atoms with Crippen molar-refractivity contribution in [3.05, 3.63) is 35.9 Å². The number of nitrogens with one attached hydrogen (secondary N) is 1. The van der Waals surface area contributed by atoms with E-state index in [-0.39, 0.29) is 5.41 Å². The van der Waals surface area contributed by atoms with Crippen LogP contribution in [-0.4, -0.2) is 13.1 Å². The van der Waals surface area contributed by atoms with Crippen molar-refractivity contribution < 1.29 is 0 Å². The van der Waals surface area contributed by atoms with Gasteiger partial charge in [-0.3, -0.25) is 0 Å². The van der Waals surface area contributed by atoms with Gasteiger partial charge in [0.1, 0.15) is 0 Å². The average molecular weight is 261 g/mol. The third-order valence-electron chi connectivity index (χ3n) is 4.53. The van der Waals surface area contributed by atoms with Crippen molar-refractivity contribution in [2.45, 2.75) is 52.9 Å². The number of rotatable bonds is 8. The first kappa shape index (κ1) is 16.2. The van der Waals surface area contributed by atoms with E-state index in [0.717, 1.165) is 13.1 Å². The Morgan fingerprint density at radius 1 is 1.05 bits per heavy atom. The second-order valence-corrected chi connectivity index (χ2v) is 6.21. The Morgan fingerprint density at radius 2 is 1.68 bits per heavy atom. The Kier molecular flexibility index (Phi) is 6.57. The van der Waals surface area contributed by atoms with Crippen LogP contribution in [-0.2, 0) is 5.41 Å². The number of hydrogen-bond acceptors (Lipinski definition) is 1. The van der Waals surface area contributed by atoms with E-state index in [1.165, 1.54) is 18.4 Å². The molecule has 0 aliphatic rings. The zero-order valence-electron chi connectivity index (χ0n) is 13.4. The van der Waals surface area contributed by atoms with Crippen molar-refractivity contribution >= 4 is 0 Å². The van der Waals surface area contributed by atoms with Crippen LogP contribution in [0.4, 0.5) is 0 Å². The maximum atomic E-state index is 3.69. The lowest BCUT2D eigenvalue weighted by atomic mass is 9.68. The molecule has 0 aliphatic carbocycles. The summed E-state index contributed by atoms with van der Waals surface area (Å²) in [5.74, 6) is 1.40. The van der Waals surface area contributed by atoms with Crippen LogP contribution in [0.3, 0.4) is 0 Å². The van der Waals surface area contributed by atoms with Gasteiger partial charge in [-0.25, -0.2) is 0 Å². The highest BCUT2D eigenvalue weighted by Crippen LogP contribution is 2.37. The molecular formula is C18H31N. The van der Waals surface area contributed by atoms with Gasteiger partial charge in [0.05, 0.1) is 0 Å². The third-order valence-corrected chi connectivity index (χ3v) is 4.53. The lowest BCUT2D eigenvalue weighted by molar-refractivity contribution is 0.253. The molecule has 0 bridgehead atoms. The Morgan fingerprint density at radius 3 is 2.16 bits per heavy atom. The maximum Gasteiger partial charge on any atom is 0.0101 e. The fourth-order valence-electron chi connectivity index (χ4n) is 2.98. The summed E-state index contributed by atoms with van der Waals surface area (Å²) in [6.45, 7) is 13.8. The molecule has 1 N–H and O–H groups in total. The van der Waals surface area contributed by atoms with E-state index in [1.54, 1.807) is 0 Å². The molecule has 2 atom stereocenters. The summed E-state index contributed by atoms with van der Waals surface area (Å²) in [4.78, 5) is 0. The molecule has 0 saturated heterocycles. The molecule has 108 valence electrons. The maximum absolute atomic E-state index is 3.69. The van der Waals surface area contributed by atoms with Crippen molar-refractivity contribution in [1.82, 2.24) is 5.32 Å². The molecule has 0 heterocycles. The Balaban J connectivity index is 2.95. The topological polar surface area (TPSA) is 12.0 Å². The lowest BCUT2D eigenvalue weighted by Gasteiger charge is -2.39. The van der Waals surface area contributed by atoms with Crippen LogP contribution in [0.25, 0.3) is 0 Å². The van der Waals surface area contributed by atoms with Crippen LogP contribution in [0.5, 0.6) is 0 Å². The molecule has 1 aromatic rings. The first-order valence-corrected chi connectivity index (χ1v) is 7.83. The minimum atomic E-state index is 0.269. The van der Waals surface area contributed by atoms with E-state index in [1.807, 2.05) is 0 Å². The van der Waals surface area contributed by atoms with E-state index >= 15 is 0 Å². The minimum Gasteiger partial charge on any atom is -0.316 e. The van der Waals surface area contributed by atoms with Gasteiger partial charge in [0.25, 0.3) is 0 Å². The van der Waals surface area contributed by atoms with Crippen LogP contribution >= 0.6 is 0 Å². The predicted octanol–water partition coefficient (Wildman–Crippen LogP) is 4.63. The smallest absolute Gasteiger partial charge is 0.0101 e. The van der Waals surface area contributed by atoms with Crippen molar-refractivity contribution in [1.29, 1.82) is 0 Å². The van der Waals surface area contributed by atoms with Gasteiger partial charge in [0, 0.05) is 12.0 Å². The van der Waals surface area contributed by atoms with Gasteiger partial charge in [0.2, 0.25) is 0 Å². The van der Waals surface area contributed by atoms with E-state index < -0.39 is 0 Å². The number of benzene rings is 1. The van der Waals surface area contributed by atoms with Gasteiger partial charge in [-0.15, -0.1) is 0 Å².